The molecule has 7 nitrogen and oxygen atoms in total. The molecule has 0 spiro atoms. The van der Waals surface area contributed by atoms with E-state index in [2.05, 4.69) is 4.74 Å². The molecule has 3 unspecified atom stereocenters. The Morgan fingerprint density at radius 1 is 1.52 bits per heavy atom. The summed E-state index contributed by atoms with van der Waals surface area (Å²) < 4.78 is 19.5. The third-order valence-electron chi connectivity index (χ3n) is 3.22. The first kappa shape index (κ1) is 16.8. The van der Waals surface area contributed by atoms with Gasteiger partial charge in [0.05, 0.1) is 12.5 Å². The van der Waals surface area contributed by atoms with Crippen molar-refractivity contribution < 1.29 is 28.7 Å². The zero-order valence-electron chi connectivity index (χ0n) is 11.4. The van der Waals surface area contributed by atoms with Gasteiger partial charge in [-0.1, -0.05) is 18.2 Å². The van der Waals surface area contributed by atoms with Crippen LogP contribution >= 0.6 is 0 Å². The normalized spacial score (nSPS) is 23.3. The first-order valence-corrected chi connectivity index (χ1v) is 6.36. The molecule has 0 heterocycles. The maximum atomic E-state index is 14.9. The zero-order chi connectivity index (χ0) is 16.0. The summed E-state index contributed by atoms with van der Waals surface area (Å²) in [5.41, 5.74) is -2.28. The minimum Gasteiger partial charge on any atom is -0.481 e. The van der Waals surface area contributed by atoms with E-state index in [1.165, 1.54) is 19.1 Å². The van der Waals surface area contributed by atoms with Crippen LogP contribution in [0.2, 0.25) is 0 Å². The van der Waals surface area contributed by atoms with Crippen molar-refractivity contribution in [1.29, 1.82) is 0 Å². The summed E-state index contributed by atoms with van der Waals surface area (Å²) in [4.78, 5) is 33.0. The third-order valence-corrected chi connectivity index (χ3v) is 3.22. The second-order valence-corrected chi connectivity index (χ2v) is 4.61. The topological polar surface area (TPSA) is 107 Å². The van der Waals surface area contributed by atoms with Crippen LogP contribution in [0.15, 0.2) is 24.3 Å². The van der Waals surface area contributed by atoms with Crippen LogP contribution < -0.4 is 0 Å². The van der Waals surface area contributed by atoms with Gasteiger partial charge < -0.3 is 9.84 Å². The fourth-order valence-electron chi connectivity index (χ4n) is 2.25. The van der Waals surface area contributed by atoms with Crippen LogP contribution in [0.25, 0.3) is 0 Å². The SMILES string of the molecule is CCOC(=O)C(C(=O)O)C(C[N+](=O)[O-])C1(F)C=CC=CC1. The molecular weight excluding hydrogens is 285 g/mol. The highest BCUT2D eigenvalue weighted by molar-refractivity contribution is 5.94. The van der Waals surface area contributed by atoms with Gasteiger partial charge in [-0.05, 0) is 13.0 Å². The molecule has 1 rings (SSSR count). The number of carboxylic acids is 1. The molecule has 116 valence electrons. The Morgan fingerprint density at radius 2 is 2.19 bits per heavy atom. The number of allylic oxidation sites excluding steroid dienone is 4. The fraction of sp³-hybridized carbons (Fsp3) is 0.538. The second-order valence-electron chi connectivity index (χ2n) is 4.61. The van der Waals surface area contributed by atoms with Gasteiger partial charge in [-0.15, -0.1) is 0 Å². The van der Waals surface area contributed by atoms with E-state index in [0.717, 1.165) is 6.08 Å². The highest BCUT2D eigenvalue weighted by Gasteiger charge is 2.51. The molecular formula is C13H16FNO6. The third kappa shape index (κ3) is 4.11. The van der Waals surface area contributed by atoms with Crippen LogP contribution in [0.4, 0.5) is 4.39 Å². The molecule has 1 aliphatic rings. The summed E-state index contributed by atoms with van der Waals surface area (Å²) in [6.07, 6.45) is 5.13. The summed E-state index contributed by atoms with van der Waals surface area (Å²) in [6.45, 7) is 0.390. The van der Waals surface area contributed by atoms with Crippen LogP contribution in [0.5, 0.6) is 0 Å². The lowest BCUT2D eigenvalue weighted by Gasteiger charge is -2.32. The van der Waals surface area contributed by atoms with Gasteiger partial charge in [0.2, 0.25) is 6.54 Å². The maximum Gasteiger partial charge on any atom is 0.321 e. The molecule has 0 aliphatic heterocycles. The lowest BCUT2D eigenvalue weighted by Crippen LogP contribution is -2.47. The van der Waals surface area contributed by atoms with E-state index in [0.29, 0.717) is 0 Å². The summed E-state index contributed by atoms with van der Waals surface area (Å²) in [6, 6.07) is 0. The number of nitrogens with zero attached hydrogens (tertiary/aromatic N) is 1. The van der Waals surface area contributed by atoms with Crippen LogP contribution in [-0.4, -0.2) is 40.8 Å². The first-order valence-electron chi connectivity index (χ1n) is 6.36. The van der Waals surface area contributed by atoms with Crippen molar-refractivity contribution in [3.63, 3.8) is 0 Å². The number of halogens is 1. The highest BCUT2D eigenvalue weighted by atomic mass is 19.1. The van der Waals surface area contributed by atoms with Crippen LogP contribution in [-0.2, 0) is 14.3 Å². The molecule has 1 aliphatic carbocycles. The summed E-state index contributed by atoms with van der Waals surface area (Å²) >= 11 is 0. The minimum atomic E-state index is -2.28. The number of rotatable bonds is 7. The molecule has 0 saturated carbocycles. The monoisotopic (exact) mass is 301 g/mol. The van der Waals surface area contributed by atoms with Gasteiger partial charge >= 0.3 is 11.9 Å². The van der Waals surface area contributed by atoms with Crippen molar-refractivity contribution >= 4 is 11.9 Å². The Morgan fingerprint density at radius 3 is 2.62 bits per heavy atom. The lowest BCUT2D eigenvalue weighted by atomic mass is 9.76. The first-order chi connectivity index (χ1) is 9.81. The van der Waals surface area contributed by atoms with Crippen molar-refractivity contribution in [2.75, 3.05) is 13.2 Å². The van der Waals surface area contributed by atoms with E-state index in [1.54, 1.807) is 6.08 Å². The average Bonchev–Trinajstić information content (AvgIpc) is 2.38. The quantitative estimate of drug-likeness (QED) is 0.329. The molecule has 0 bridgehead atoms. The number of carbonyl (C=O) groups is 2. The Balaban J connectivity index is 3.17. The molecule has 0 amide bonds. The minimum absolute atomic E-state index is 0.0944. The van der Waals surface area contributed by atoms with E-state index in [-0.39, 0.29) is 13.0 Å². The summed E-state index contributed by atoms with van der Waals surface area (Å²) in [5, 5.41) is 19.9. The number of hydrogen-bond acceptors (Lipinski definition) is 5. The Labute approximate surface area is 120 Å². The largest absolute Gasteiger partial charge is 0.481 e. The van der Waals surface area contributed by atoms with Crippen molar-refractivity contribution in [2.45, 2.75) is 19.0 Å². The molecule has 0 aromatic rings. The van der Waals surface area contributed by atoms with Gasteiger partial charge in [-0.3, -0.25) is 19.7 Å². The number of alkyl halides is 1. The smallest absolute Gasteiger partial charge is 0.321 e. The molecule has 1 N–H and O–H groups in total. The van der Waals surface area contributed by atoms with Crippen LogP contribution in [0.1, 0.15) is 13.3 Å². The second kappa shape index (κ2) is 6.96. The molecule has 0 aromatic carbocycles. The Bertz CT molecular complexity index is 489. The number of esters is 1. The van der Waals surface area contributed by atoms with Gasteiger partial charge in [-0.2, -0.15) is 0 Å². The molecule has 3 atom stereocenters. The summed E-state index contributed by atoms with van der Waals surface area (Å²) in [7, 11) is 0. The van der Waals surface area contributed by atoms with E-state index < -0.39 is 40.9 Å². The number of carboxylic acid groups (broad SMARTS) is 1. The predicted molar refractivity (Wildman–Crippen MR) is 69.8 cm³/mol. The standard InChI is InChI=1S/C13H16FNO6/c1-2-21-12(18)10(11(16)17)9(8-15(19)20)13(14)6-4-3-5-7-13/h3-6,9-10H,2,7-8H2,1H3,(H,16,17). The molecule has 0 aromatic heterocycles. The maximum absolute atomic E-state index is 14.9. The van der Waals surface area contributed by atoms with Crippen molar-refractivity contribution in [2.24, 2.45) is 11.8 Å². The number of carbonyl (C=O) groups excluding carboxylic acids is 1. The number of aliphatic carboxylic acids is 1. The number of ether oxygens (including phenoxy) is 1. The van der Waals surface area contributed by atoms with E-state index in [9.17, 15) is 24.1 Å². The molecule has 8 heteroatoms. The molecule has 21 heavy (non-hydrogen) atoms. The predicted octanol–water partition coefficient (Wildman–Crippen LogP) is 1.37. The fourth-order valence-corrected chi connectivity index (χ4v) is 2.25. The van der Waals surface area contributed by atoms with Gasteiger partial charge in [0.25, 0.3) is 0 Å². The molecule has 0 saturated heterocycles. The molecule has 0 fully saturated rings. The lowest BCUT2D eigenvalue weighted by molar-refractivity contribution is -0.492. The van der Waals surface area contributed by atoms with Crippen molar-refractivity contribution in [1.82, 2.24) is 0 Å². The van der Waals surface area contributed by atoms with E-state index >= 15 is 0 Å². The number of hydrogen-bond donors (Lipinski definition) is 1. The van der Waals surface area contributed by atoms with Gasteiger partial charge in [0.15, 0.2) is 5.92 Å². The Hall–Kier alpha value is -2.25. The highest BCUT2D eigenvalue weighted by Crippen LogP contribution is 2.37. The van der Waals surface area contributed by atoms with Gasteiger partial charge in [0, 0.05) is 11.3 Å². The van der Waals surface area contributed by atoms with Crippen molar-refractivity contribution in [3.8, 4) is 0 Å². The number of nitro groups is 1. The van der Waals surface area contributed by atoms with E-state index in [4.69, 9.17) is 5.11 Å². The molecule has 0 radical (unpaired) electrons. The van der Waals surface area contributed by atoms with Crippen LogP contribution in [0, 0.1) is 22.0 Å². The Kier molecular flexibility index (Phi) is 5.57. The zero-order valence-corrected chi connectivity index (χ0v) is 11.4. The van der Waals surface area contributed by atoms with Gasteiger partial charge in [-0.25, -0.2) is 4.39 Å². The van der Waals surface area contributed by atoms with Gasteiger partial charge in [0.1, 0.15) is 5.67 Å². The van der Waals surface area contributed by atoms with Crippen LogP contribution in [0.3, 0.4) is 0 Å². The average molecular weight is 301 g/mol. The van der Waals surface area contributed by atoms with Crippen molar-refractivity contribution in [3.05, 3.63) is 34.4 Å². The van der Waals surface area contributed by atoms with E-state index in [1.807, 2.05) is 0 Å². The summed E-state index contributed by atoms with van der Waals surface area (Å²) in [5.74, 6) is -6.39.